The Balaban J connectivity index is 1.23. The number of anilines is 4. The monoisotopic (exact) mass is 548 g/mol. The molecule has 41 heavy (non-hydrogen) atoms. The molecule has 0 unspecified atom stereocenters. The third kappa shape index (κ3) is 3.80. The van der Waals surface area contributed by atoms with Gasteiger partial charge in [-0.15, -0.1) is 0 Å². The van der Waals surface area contributed by atoms with Crippen LogP contribution in [0, 0.1) is 5.82 Å². The lowest BCUT2D eigenvalue weighted by Gasteiger charge is -2.37. The number of ketones is 1. The van der Waals surface area contributed by atoms with Crippen LogP contribution in [0.4, 0.5) is 27.1 Å². The summed E-state index contributed by atoms with van der Waals surface area (Å²) in [6.07, 6.45) is 0. The van der Waals surface area contributed by atoms with E-state index in [0.717, 1.165) is 16.9 Å². The Hall–Kier alpha value is -5.05. The summed E-state index contributed by atoms with van der Waals surface area (Å²) in [4.78, 5) is 18.2. The van der Waals surface area contributed by atoms with Gasteiger partial charge in [0.25, 0.3) is 0 Å². The fourth-order valence-electron chi connectivity index (χ4n) is 6.05. The van der Waals surface area contributed by atoms with Crippen LogP contribution in [0.3, 0.4) is 0 Å². The van der Waals surface area contributed by atoms with Gasteiger partial charge in [0.05, 0.1) is 28.0 Å². The Morgan fingerprint density at radius 1 is 0.780 bits per heavy atom. The molecule has 0 amide bonds. The first-order valence-corrected chi connectivity index (χ1v) is 13.7. The van der Waals surface area contributed by atoms with E-state index in [1.165, 1.54) is 6.07 Å². The molecule has 4 aromatic carbocycles. The zero-order valence-electron chi connectivity index (χ0n) is 22.0. The number of nitrogens with zero attached hydrogens (tertiary/aromatic N) is 3. The van der Waals surface area contributed by atoms with Gasteiger partial charge in [0, 0.05) is 49.1 Å². The number of hydrogen-bond donors (Lipinski definition) is 1. The molecule has 0 radical (unpaired) electrons. The summed E-state index contributed by atoms with van der Waals surface area (Å²) in [5.74, 6) is 1.62. The molecule has 0 saturated carbocycles. The molecule has 0 atom stereocenters. The number of fused-ring (bicyclic) bond motifs is 3. The van der Waals surface area contributed by atoms with E-state index in [-0.39, 0.29) is 11.6 Å². The molecule has 2 aliphatic heterocycles. The number of ether oxygens (including phenoxy) is 2. The Morgan fingerprint density at radius 3 is 2.29 bits per heavy atom. The Morgan fingerprint density at radius 2 is 1.49 bits per heavy atom. The summed E-state index contributed by atoms with van der Waals surface area (Å²) < 4.78 is 31.9. The molecular weight excluding hydrogens is 523 g/mol. The van der Waals surface area contributed by atoms with Crippen molar-refractivity contribution in [2.75, 3.05) is 54.5 Å². The van der Waals surface area contributed by atoms with Gasteiger partial charge < -0.3 is 29.1 Å². The van der Waals surface area contributed by atoms with E-state index < -0.39 is 0 Å². The second-order valence-corrected chi connectivity index (χ2v) is 10.3. The average Bonchev–Trinajstić information content (AvgIpc) is 3.46. The minimum absolute atomic E-state index is 0.0859. The van der Waals surface area contributed by atoms with Crippen molar-refractivity contribution in [3.8, 4) is 22.8 Å². The molecule has 1 aliphatic carbocycles. The molecule has 3 heterocycles. The van der Waals surface area contributed by atoms with Gasteiger partial charge in [-0.2, -0.15) is 0 Å². The van der Waals surface area contributed by atoms with Crippen LogP contribution in [0.1, 0.15) is 15.9 Å². The van der Waals surface area contributed by atoms with Gasteiger partial charge in [0.1, 0.15) is 24.5 Å². The van der Waals surface area contributed by atoms with Crippen LogP contribution in [0.2, 0.25) is 0 Å². The number of rotatable bonds is 4. The molecule has 3 aliphatic rings. The minimum Gasteiger partial charge on any atom is -0.486 e. The summed E-state index contributed by atoms with van der Waals surface area (Å²) in [5, 5.41) is 8.67. The standard InChI is InChI=1S/C32H25FN4O4/c33-22-7-3-4-8-24(22)36-11-13-37(14-12-36)25-18-23(34-19-9-10-26-27(17-19)40-16-15-39-26)28-29-30(25)35-41-32(29)21-6-2-1-5-20(21)31(28)38/h1-10,17-18,34H,11-16H2. The van der Waals surface area contributed by atoms with Crippen molar-refractivity contribution in [2.45, 2.75) is 0 Å². The van der Waals surface area contributed by atoms with Crippen molar-refractivity contribution in [2.24, 2.45) is 0 Å². The van der Waals surface area contributed by atoms with Gasteiger partial charge in [-0.25, -0.2) is 4.39 Å². The lowest BCUT2D eigenvalue weighted by atomic mass is 9.86. The number of carbonyl (C=O) groups excluding carboxylic acids is 1. The summed E-state index contributed by atoms with van der Waals surface area (Å²) >= 11 is 0. The number of nitrogens with one attached hydrogen (secondary N) is 1. The zero-order valence-corrected chi connectivity index (χ0v) is 22.0. The Kier molecular flexibility index (Phi) is 5.38. The lowest BCUT2D eigenvalue weighted by Crippen LogP contribution is -2.47. The number of para-hydroxylation sites is 1. The van der Waals surface area contributed by atoms with Crippen molar-refractivity contribution in [3.63, 3.8) is 0 Å². The molecule has 5 aromatic rings. The zero-order chi connectivity index (χ0) is 27.5. The normalized spacial score (nSPS) is 15.7. The summed E-state index contributed by atoms with van der Waals surface area (Å²) in [6.45, 7) is 3.58. The third-order valence-corrected chi connectivity index (χ3v) is 8.01. The number of aromatic nitrogens is 1. The van der Waals surface area contributed by atoms with E-state index in [0.29, 0.717) is 90.1 Å². The maximum atomic E-state index is 14.5. The van der Waals surface area contributed by atoms with Crippen LogP contribution in [-0.4, -0.2) is 50.3 Å². The quantitative estimate of drug-likeness (QED) is 0.287. The highest BCUT2D eigenvalue weighted by atomic mass is 19.1. The molecule has 1 fully saturated rings. The molecule has 8 nitrogen and oxygen atoms in total. The molecular formula is C32H25FN4O4. The number of halogens is 1. The summed E-state index contributed by atoms with van der Waals surface area (Å²) in [6, 6.07) is 22.0. The Bertz CT molecular complexity index is 1840. The van der Waals surface area contributed by atoms with E-state index in [9.17, 15) is 9.18 Å². The van der Waals surface area contributed by atoms with Crippen molar-refractivity contribution in [3.05, 3.63) is 89.7 Å². The highest BCUT2D eigenvalue weighted by Gasteiger charge is 2.34. The predicted molar refractivity (Wildman–Crippen MR) is 154 cm³/mol. The SMILES string of the molecule is O=C1c2ccccc2-c2onc3c(N4CCN(c5ccccc5F)CC4)cc(Nc4ccc5c(c4)OCCO5)c1c23. The maximum Gasteiger partial charge on any atom is 0.196 e. The van der Waals surface area contributed by atoms with Crippen molar-refractivity contribution < 1.29 is 23.2 Å². The second-order valence-electron chi connectivity index (χ2n) is 10.3. The molecule has 0 spiro atoms. The van der Waals surface area contributed by atoms with Crippen LogP contribution in [0.25, 0.3) is 22.2 Å². The maximum absolute atomic E-state index is 14.5. The van der Waals surface area contributed by atoms with Gasteiger partial charge in [-0.05, 0) is 30.3 Å². The highest BCUT2D eigenvalue weighted by molar-refractivity contribution is 6.28. The van der Waals surface area contributed by atoms with Crippen LogP contribution < -0.4 is 24.6 Å². The smallest absolute Gasteiger partial charge is 0.196 e. The third-order valence-electron chi connectivity index (χ3n) is 8.01. The molecule has 204 valence electrons. The highest BCUT2D eigenvalue weighted by Crippen LogP contribution is 2.47. The first-order chi connectivity index (χ1) is 20.2. The number of benzene rings is 4. The van der Waals surface area contributed by atoms with Crippen LogP contribution in [-0.2, 0) is 0 Å². The van der Waals surface area contributed by atoms with E-state index in [2.05, 4.69) is 20.3 Å². The minimum atomic E-state index is -0.223. The van der Waals surface area contributed by atoms with Crippen molar-refractivity contribution in [1.82, 2.24) is 5.16 Å². The van der Waals surface area contributed by atoms with Crippen molar-refractivity contribution in [1.29, 1.82) is 0 Å². The largest absolute Gasteiger partial charge is 0.486 e. The van der Waals surface area contributed by atoms with Crippen LogP contribution in [0.5, 0.6) is 11.5 Å². The van der Waals surface area contributed by atoms with E-state index in [4.69, 9.17) is 14.0 Å². The first kappa shape index (κ1) is 23.8. The number of hydrogen-bond acceptors (Lipinski definition) is 8. The van der Waals surface area contributed by atoms with Crippen molar-refractivity contribution >= 4 is 39.4 Å². The average molecular weight is 549 g/mol. The lowest BCUT2D eigenvalue weighted by molar-refractivity contribution is 0.104. The summed E-state index contributed by atoms with van der Waals surface area (Å²) in [7, 11) is 0. The predicted octanol–water partition coefficient (Wildman–Crippen LogP) is 6.02. The molecule has 0 bridgehead atoms. The van der Waals surface area contributed by atoms with E-state index in [1.807, 2.05) is 60.7 Å². The molecule has 1 N–H and O–H groups in total. The van der Waals surface area contributed by atoms with Gasteiger partial charge in [-0.1, -0.05) is 41.6 Å². The molecule has 8 rings (SSSR count). The topological polar surface area (TPSA) is 80.1 Å². The molecule has 1 saturated heterocycles. The Labute approximate surface area is 234 Å². The fraction of sp³-hybridized carbons (Fsp3) is 0.188. The van der Waals surface area contributed by atoms with Gasteiger partial charge in [0.15, 0.2) is 23.0 Å². The van der Waals surface area contributed by atoms with Gasteiger partial charge in [-0.3, -0.25) is 4.79 Å². The van der Waals surface area contributed by atoms with Crippen LogP contribution in [0.15, 0.2) is 77.3 Å². The molecule has 9 heteroatoms. The number of piperazine rings is 1. The van der Waals surface area contributed by atoms with E-state index in [1.54, 1.807) is 6.07 Å². The van der Waals surface area contributed by atoms with Gasteiger partial charge in [0.2, 0.25) is 0 Å². The first-order valence-electron chi connectivity index (χ1n) is 13.7. The van der Waals surface area contributed by atoms with E-state index >= 15 is 0 Å². The fourth-order valence-corrected chi connectivity index (χ4v) is 6.05. The van der Waals surface area contributed by atoms with Crippen LogP contribution >= 0.6 is 0 Å². The second kappa shape index (κ2) is 9.26. The summed E-state index contributed by atoms with van der Waals surface area (Å²) in [5.41, 5.74) is 5.37. The number of carbonyl (C=O) groups is 1. The van der Waals surface area contributed by atoms with Gasteiger partial charge >= 0.3 is 0 Å². The molecule has 1 aromatic heterocycles.